The molecular formula is C12H29N. The lowest BCUT2D eigenvalue weighted by Crippen LogP contribution is -2.41. The Bertz CT molecular complexity index is 109. The Kier molecular flexibility index (Phi) is 7.62. The van der Waals surface area contributed by atoms with E-state index < -0.39 is 0 Å². The maximum absolute atomic E-state index is 3.51. The van der Waals surface area contributed by atoms with Gasteiger partial charge in [0.15, 0.2) is 0 Å². The molecule has 0 aromatic carbocycles. The highest BCUT2D eigenvalue weighted by Crippen LogP contribution is 2.18. The van der Waals surface area contributed by atoms with Crippen LogP contribution in [-0.2, 0) is 0 Å². The van der Waals surface area contributed by atoms with Gasteiger partial charge < -0.3 is 5.32 Å². The summed E-state index contributed by atoms with van der Waals surface area (Å²) in [6, 6.07) is 0. The lowest BCUT2D eigenvalue weighted by atomic mass is 9.89. The zero-order valence-corrected chi connectivity index (χ0v) is 10.9. The van der Waals surface area contributed by atoms with E-state index in [-0.39, 0.29) is 5.54 Å². The van der Waals surface area contributed by atoms with Gasteiger partial charge in [-0.3, -0.25) is 0 Å². The van der Waals surface area contributed by atoms with Crippen LogP contribution >= 0.6 is 0 Å². The Morgan fingerprint density at radius 2 is 1.31 bits per heavy atom. The highest BCUT2D eigenvalue weighted by atomic mass is 14.9. The molecule has 0 aromatic heterocycles. The van der Waals surface area contributed by atoms with Crippen LogP contribution < -0.4 is 5.32 Å². The third kappa shape index (κ3) is 12.0. The molecule has 1 nitrogen and oxygen atoms in total. The van der Waals surface area contributed by atoms with Gasteiger partial charge in [-0.05, 0) is 32.6 Å². The van der Waals surface area contributed by atoms with Crippen LogP contribution in [0.25, 0.3) is 0 Å². The minimum Gasteiger partial charge on any atom is -0.312 e. The SMILES string of the molecule is CC.CCC(C)(C)CNC(C)(C)C. The van der Waals surface area contributed by atoms with Crippen LogP contribution in [0, 0.1) is 5.41 Å². The fraction of sp³-hybridized carbons (Fsp3) is 1.00. The van der Waals surface area contributed by atoms with Crippen molar-refractivity contribution in [2.24, 2.45) is 5.41 Å². The van der Waals surface area contributed by atoms with Gasteiger partial charge in [0, 0.05) is 12.1 Å². The number of hydrogen-bond acceptors (Lipinski definition) is 1. The molecule has 1 heteroatoms. The molecule has 0 saturated carbocycles. The van der Waals surface area contributed by atoms with Crippen molar-refractivity contribution < 1.29 is 0 Å². The lowest BCUT2D eigenvalue weighted by molar-refractivity contribution is 0.282. The van der Waals surface area contributed by atoms with Gasteiger partial charge in [0.25, 0.3) is 0 Å². The first-order valence-corrected chi connectivity index (χ1v) is 5.52. The molecule has 1 N–H and O–H groups in total. The van der Waals surface area contributed by atoms with Crippen molar-refractivity contribution in [2.45, 2.75) is 67.3 Å². The quantitative estimate of drug-likeness (QED) is 0.708. The van der Waals surface area contributed by atoms with Crippen LogP contribution in [0.1, 0.15) is 61.8 Å². The van der Waals surface area contributed by atoms with Gasteiger partial charge in [-0.1, -0.05) is 34.6 Å². The van der Waals surface area contributed by atoms with Gasteiger partial charge in [0.2, 0.25) is 0 Å². The average molecular weight is 187 g/mol. The molecule has 0 fully saturated rings. The molecule has 0 radical (unpaired) electrons. The number of hydrogen-bond donors (Lipinski definition) is 1. The smallest absolute Gasteiger partial charge is 0.00967 e. The molecule has 0 bridgehead atoms. The van der Waals surface area contributed by atoms with Crippen LogP contribution in [0.2, 0.25) is 0 Å². The first-order chi connectivity index (χ1) is 5.77. The molecule has 0 aromatic rings. The summed E-state index contributed by atoms with van der Waals surface area (Å²) in [6.45, 7) is 18.6. The number of rotatable bonds is 3. The van der Waals surface area contributed by atoms with E-state index in [0.29, 0.717) is 5.41 Å². The average Bonchev–Trinajstić information content (AvgIpc) is 2.04. The molecular weight excluding hydrogens is 158 g/mol. The molecule has 82 valence electrons. The Morgan fingerprint density at radius 1 is 0.923 bits per heavy atom. The van der Waals surface area contributed by atoms with Crippen LogP contribution in [-0.4, -0.2) is 12.1 Å². The van der Waals surface area contributed by atoms with Gasteiger partial charge in [-0.15, -0.1) is 0 Å². The summed E-state index contributed by atoms with van der Waals surface area (Å²) in [5, 5.41) is 3.51. The second-order valence-corrected chi connectivity index (χ2v) is 5.12. The molecule has 0 amide bonds. The van der Waals surface area contributed by atoms with Crippen molar-refractivity contribution in [3.05, 3.63) is 0 Å². The van der Waals surface area contributed by atoms with Gasteiger partial charge in [0.1, 0.15) is 0 Å². The monoisotopic (exact) mass is 187 g/mol. The minimum absolute atomic E-state index is 0.256. The van der Waals surface area contributed by atoms with Gasteiger partial charge >= 0.3 is 0 Å². The molecule has 0 spiro atoms. The van der Waals surface area contributed by atoms with E-state index in [2.05, 4.69) is 46.9 Å². The van der Waals surface area contributed by atoms with Crippen molar-refractivity contribution in [3.63, 3.8) is 0 Å². The predicted molar refractivity (Wildman–Crippen MR) is 63.2 cm³/mol. The molecule has 0 unspecified atom stereocenters. The Morgan fingerprint density at radius 3 is 1.54 bits per heavy atom. The van der Waals surface area contributed by atoms with E-state index >= 15 is 0 Å². The second kappa shape index (κ2) is 6.42. The van der Waals surface area contributed by atoms with E-state index in [4.69, 9.17) is 0 Å². The topological polar surface area (TPSA) is 12.0 Å². The summed E-state index contributed by atoms with van der Waals surface area (Å²) in [6.07, 6.45) is 1.23. The zero-order valence-electron chi connectivity index (χ0n) is 10.9. The standard InChI is InChI=1S/C10H23N.C2H6/c1-7-10(5,6)8-11-9(2,3)4;1-2/h11H,7-8H2,1-6H3;1-2H3. The lowest BCUT2D eigenvalue weighted by Gasteiger charge is -2.29. The van der Waals surface area contributed by atoms with Crippen LogP contribution in [0.15, 0.2) is 0 Å². The third-order valence-electron chi connectivity index (χ3n) is 2.05. The van der Waals surface area contributed by atoms with E-state index in [0.717, 1.165) is 6.54 Å². The molecule has 0 rings (SSSR count). The maximum atomic E-state index is 3.51. The highest BCUT2D eigenvalue weighted by molar-refractivity contribution is 4.76. The Balaban J connectivity index is 0. The van der Waals surface area contributed by atoms with Crippen LogP contribution in [0.5, 0.6) is 0 Å². The minimum atomic E-state index is 0.256. The van der Waals surface area contributed by atoms with Gasteiger partial charge in [-0.2, -0.15) is 0 Å². The molecule has 0 saturated heterocycles. The normalized spacial score (nSPS) is 12.0. The van der Waals surface area contributed by atoms with Crippen LogP contribution in [0.3, 0.4) is 0 Å². The van der Waals surface area contributed by atoms with E-state index in [1.54, 1.807) is 0 Å². The first-order valence-electron chi connectivity index (χ1n) is 5.52. The van der Waals surface area contributed by atoms with Gasteiger partial charge in [0.05, 0.1) is 0 Å². The summed E-state index contributed by atoms with van der Waals surface area (Å²) in [5.74, 6) is 0. The fourth-order valence-electron chi connectivity index (χ4n) is 0.629. The van der Waals surface area contributed by atoms with E-state index in [1.165, 1.54) is 6.42 Å². The molecule has 0 heterocycles. The summed E-state index contributed by atoms with van der Waals surface area (Å²) >= 11 is 0. The maximum Gasteiger partial charge on any atom is 0.00967 e. The van der Waals surface area contributed by atoms with Crippen molar-refractivity contribution in [1.29, 1.82) is 0 Å². The summed E-state index contributed by atoms with van der Waals surface area (Å²) < 4.78 is 0. The third-order valence-corrected chi connectivity index (χ3v) is 2.05. The predicted octanol–water partition coefficient (Wildman–Crippen LogP) is 3.84. The second-order valence-electron chi connectivity index (χ2n) is 5.12. The van der Waals surface area contributed by atoms with E-state index in [1.807, 2.05) is 13.8 Å². The Hall–Kier alpha value is -0.0400. The van der Waals surface area contributed by atoms with Crippen LogP contribution in [0.4, 0.5) is 0 Å². The van der Waals surface area contributed by atoms with Crippen molar-refractivity contribution >= 4 is 0 Å². The zero-order chi connectivity index (χ0) is 11.1. The molecule has 0 aliphatic rings. The number of nitrogens with one attached hydrogen (secondary N) is 1. The van der Waals surface area contributed by atoms with Crippen molar-refractivity contribution in [1.82, 2.24) is 5.32 Å². The summed E-state index contributed by atoms with van der Waals surface area (Å²) in [4.78, 5) is 0. The fourth-order valence-corrected chi connectivity index (χ4v) is 0.629. The molecule has 13 heavy (non-hydrogen) atoms. The largest absolute Gasteiger partial charge is 0.312 e. The van der Waals surface area contributed by atoms with E-state index in [9.17, 15) is 0 Å². The molecule has 0 atom stereocenters. The summed E-state index contributed by atoms with van der Waals surface area (Å²) in [7, 11) is 0. The highest BCUT2D eigenvalue weighted by Gasteiger charge is 2.18. The van der Waals surface area contributed by atoms with Crippen molar-refractivity contribution in [2.75, 3.05) is 6.54 Å². The van der Waals surface area contributed by atoms with Crippen molar-refractivity contribution in [3.8, 4) is 0 Å². The summed E-state index contributed by atoms with van der Waals surface area (Å²) in [5.41, 5.74) is 0.694. The first kappa shape index (κ1) is 15.4. The molecule has 0 aliphatic heterocycles. The van der Waals surface area contributed by atoms with Gasteiger partial charge in [-0.25, -0.2) is 0 Å². The Labute approximate surface area is 85.3 Å². The molecule has 0 aliphatic carbocycles.